The van der Waals surface area contributed by atoms with Crippen LogP contribution in [0.2, 0.25) is 0 Å². The van der Waals surface area contributed by atoms with Crippen molar-refractivity contribution in [2.45, 2.75) is 0 Å². The summed E-state index contributed by atoms with van der Waals surface area (Å²) in [6, 6.07) is 3.49. The predicted molar refractivity (Wildman–Crippen MR) is 48.3 cm³/mol. The van der Waals surface area contributed by atoms with E-state index in [-0.39, 0.29) is 5.24 Å². The van der Waals surface area contributed by atoms with Gasteiger partial charge in [-0.25, -0.2) is 5.43 Å². The number of thioether (sulfide) groups is 1. The molecule has 0 aliphatic rings. The van der Waals surface area contributed by atoms with Gasteiger partial charge in [-0.3, -0.25) is 4.79 Å². The van der Waals surface area contributed by atoms with Crippen LogP contribution in [0.25, 0.3) is 0 Å². The average Bonchev–Trinajstić information content (AvgIpc) is 2.57. The monoisotopic (exact) mass is 184 g/mol. The molecule has 0 radical (unpaired) electrons. The topological polar surface area (TPSA) is 54.6 Å². The van der Waals surface area contributed by atoms with Gasteiger partial charge in [0.1, 0.15) is 5.76 Å². The third kappa shape index (κ3) is 2.79. The van der Waals surface area contributed by atoms with Crippen LogP contribution < -0.4 is 5.43 Å². The van der Waals surface area contributed by atoms with E-state index in [1.165, 1.54) is 12.5 Å². The lowest BCUT2D eigenvalue weighted by Crippen LogP contribution is -2.10. The quantitative estimate of drug-likeness (QED) is 0.562. The molecule has 0 aliphatic heterocycles. The van der Waals surface area contributed by atoms with Gasteiger partial charge < -0.3 is 4.42 Å². The number of hydrogen-bond acceptors (Lipinski definition) is 4. The molecule has 1 aromatic rings. The normalized spacial score (nSPS) is 10.4. The maximum absolute atomic E-state index is 10.6. The molecular weight excluding hydrogens is 176 g/mol. The minimum Gasteiger partial charge on any atom is -0.463 e. The molecule has 0 fully saturated rings. The second-order valence-electron chi connectivity index (χ2n) is 1.88. The average molecular weight is 184 g/mol. The van der Waals surface area contributed by atoms with Gasteiger partial charge in [-0.2, -0.15) is 5.10 Å². The summed E-state index contributed by atoms with van der Waals surface area (Å²) in [4.78, 5) is 10.6. The van der Waals surface area contributed by atoms with Crippen LogP contribution in [-0.2, 0) is 0 Å². The summed E-state index contributed by atoms with van der Waals surface area (Å²) in [5, 5.41) is 3.45. The number of hydrazone groups is 1. The molecule has 1 heterocycles. The number of amides is 1. The van der Waals surface area contributed by atoms with Crippen molar-refractivity contribution in [3.63, 3.8) is 0 Å². The summed E-state index contributed by atoms with van der Waals surface area (Å²) in [6.07, 6.45) is 4.66. The molecule has 0 unspecified atom stereocenters. The maximum atomic E-state index is 10.6. The standard InChI is InChI=1S/C7H8N2O2S/c1-12-7(10)9-8-5-6-3-2-4-11-6/h2-5H,1H3,(H,9,10)/b8-5+. The number of rotatable bonds is 2. The van der Waals surface area contributed by atoms with E-state index in [1.54, 1.807) is 18.4 Å². The molecule has 12 heavy (non-hydrogen) atoms. The van der Waals surface area contributed by atoms with E-state index in [1.807, 2.05) is 0 Å². The van der Waals surface area contributed by atoms with E-state index in [4.69, 9.17) is 4.42 Å². The highest BCUT2D eigenvalue weighted by molar-refractivity contribution is 8.12. The highest BCUT2D eigenvalue weighted by atomic mass is 32.2. The van der Waals surface area contributed by atoms with Gasteiger partial charge in [0.15, 0.2) is 0 Å². The van der Waals surface area contributed by atoms with Crippen molar-refractivity contribution in [1.82, 2.24) is 5.43 Å². The largest absolute Gasteiger partial charge is 0.463 e. The summed E-state index contributed by atoms with van der Waals surface area (Å²) in [5.41, 5.74) is 2.30. The van der Waals surface area contributed by atoms with E-state index < -0.39 is 0 Å². The van der Waals surface area contributed by atoms with Crippen molar-refractivity contribution in [1.29, 1.82) is 0 Å². The molecule has 4 nitrogen and oxygen atoms in total. The first kappa shape index (κ1) is 8.86. The lowest BCUT2D eigenvalue weighted by Gasteiger charge is -1.91. The molecule has 0 saturated carbocycles. The Bertz CT molecular complexity index is 269. The van der Waals surface area contributed by atoms with E-state index in [9.17, 15) is 4.79 Å². The van der Waals surface area contributed by atoms with Crippen LogP contribution in [0.5, 0.6) is 0 Å². The Labute approximate surface area is 74.0 Å². The van der Waals surface area contributed by atoms with Crippen LogP contribution in [-0.4, -0.2) is 17.7 Å². The Balaban J connectivity index is 2.37. The summed E-state index contributed by atoms with van der Waals surface area (Å²) in [6.45, 7) is 0. The van der Waals surface area contributed by atoms with Crippen molar-refractivity contribution in [3.05, 3.63) is 24.2 Å². The fourth-order valence-corrected chi connectivity index (χ4v) is 0.703. The first-order chi connectivity index (χ1) is 5.83. The van der Waals surface area contributed by atoms with E-state index in [0.717, 1.165) is 11.8 Å². The molecule has 64 valence electrons. The summed E-state index contributed by atoms with van der Waals surface area (Å²) in [5.74, 6) is 0.608. The lowest BCUT2D eigenvalue weighted by atomic mass is 10.5. The Morgan fingerprint density at radius 3 is 3.25 bits per heavy atom. The third-order valence-corrected chi connectivity index (χ3v) is 1.54. The number of carbonyl (C=O) groups excluding carboxylic acids is 1. The summed E-state index contributed by atoms with van der Waals surface area (Å²) >= 11 is 1.07. The Morgan fingerprint density at radius 2 is 2.67 bits per heavy atom. The molecule has 0 aromatic carbocycles. The van der Waals surface area contributed by atoms with E-state index in [0.29, 0.717) is 5.76 Å². The number of hydrogen-bond donors (Lipinski definition) is 1. The van der Waals surface area contributed by atoms with Gasteiger partial charge in [-0.15, -0.1) is 0 Å². The van der Waals surface area contributed by atoms with Crippen LogP contribution in [0, 0.1) is 0 Å². The molecule has 0 aliphatic carbocycles. The van der Waals surface area contributed by atoms with Crippen molar-refractivity contribution in [2.24, 2.45) is 5.10 Å². The number of furan rings is 1. The van der Waals surface area contributed by atoms with E-state index >= 15 is 0 Å². The second kappa shape index (κ2) is 4.61. The molecule has 0 bridgehead atoms. The van der Waals surface area contributed by atoms with Crippen LogP contribution >= 0.6 is 11.8 Å². The van der Waals surface area contributed by atoms with Crippen molar-refractivity contribution in [2.75, 3.05) is 6.26 Å². The lowest BCUT2D eigenvalue weighted by molar-refractivity contribution is 0.261. The molecule has 1 rings (SSSR count). The number of carbonyl (C=O) groups is 1. The molecule has 5 heteroatoms. The van der Waals surface area contributed by atoms with Gasteiger partial charge in [0.2, 0.25) is 0 Å². The predicted octanol–water partition coefficient (Wildman–Crippen LogP) is 1.69. The third-order valence-electron chi connectivity index (χ3n) is 1.08. The molecule has 1 aromatic heterocycles. The fraction of sp³-hybridized carbons (Fsp3) is 0.143. The van der Waals surface area contributed by atoms with Crippen molar-refractivity contribution < 1.29 is 9.21 Å². The number of nitrogens with one attached hydrogen (secondary N) is 1. The molecule has 1 N–H and O–H groups in total. The van der Waals surface area contributed by atoms with Gasteiger partial charge in [-0.1, -0.05) is 11.8 Å². The highest BCUT2D eigenvalue weighted by Gasteiger charge is 1.92. The fourth-order valence-electron chi connectivity index (χ4n) is 0.559. The van der Waals surface area contributed by atoms with Gasteiger partial charge >= 0.3 is 0 Å². The van der Waals surface area contributed by atoms with Crippen LogP contribution in [0.1, 0.15) is 5.76 Å². The van der Waals surface area contributed by atoms with Gasteiger partial charge in [0.25, 0.3) is 5.24 Å². The Morgan fingerprint density at radius 1 is 1.83 bits per heavy atom. The molecular formula is C7H8N2O2S. The van der Waals surface area contributed by atoms with Gasteiger partial charge in [-0.05, 0) is 18.4 Å². The van der Waals surface area contributed by atoms with Crippen LogP contribution in [0.15, 0.2) is 27.9 Å². The summed E-state index contributed by atoms with van der Waals surface area (Å²) in [7, 11) is 0. The molecule has 0 atom stereocenters. The van der Waals surface area contributed by atoms with Crippen LogP contribution in [0.3, 0.4) is 0 Å². The van der Waals surface area contributed by atoms with Crippen LogP contribution in [0.4, 0.5) is 4.79 Å². The minimum absolute atomic E-state index is 0.196. The van der Waals surface area contributed by atoms with Gasteiger partial charge in [0, 0.05) is 0 Å². The van der Waals surface area contributed by atoms with Gasteiger partial charge in [0.05, 0.1) is 12.5 Å². The van der Waals surface area contributed by atoms with Crippen molar-refractivity contribution in [3.8, 4) is 0 Å². The zero-order valence-corrected chi connectivity index (χ0v) is 7.30. The summed E-state index contributed by atoms with van der Waals surface area (Å²) < 4.78 is 4.94. The Hall–Kier alpha value is -1.23. The number of nitrogens with zero attached hydrogens (tertiary/aromatic N) is 1. The highest BCUT2D eigenvalue weighted by Crippen LogP contribution is 1.95. The van der Waals surface area contributed by atoms with Crippen molar-refractivity contribution >= 4 is 23.2 Å². The smallest absolute Gasteiger partial charge is 0.298 e. The molecule has 1 amide bonds. The second-order valence-corrected chi connectivity index (χ2v) is 2.66. The molecule has 0 spiro atoms. The zero-order valence-electron chi connectivity index (χ0n) is 6.48. The first-order valence-electron chi connectivity index (χ1n) is 3.23. The van der Waals surface area contributed by atoms with E-state index in [2.05, 4.69) is 10.5 Å². The minimum atomic E-state index is -0.196. The first-order valence-corrected chi connectivity index (χ1v) is 4.46. The Kier molecular flexibility index (Phi) is 3.40. The zero-order chi connectivity index (χ0) is 8.81. The molecule has 0 saturated heterocycles. The SMILES string of the molecule is CSC(=O)N/N=C/c1ccco1. The maximum Gasteiger partial charge on any atom is 0.298 e.